The molecule has 5 nitrogen and oxygen atoms in total. The van der Waals surface area contributed by atoms with Crippen LogP contribution in [0.25, 0.3) is 10.8 Å². The van der Waals surface area contributed by atoms with E-state index in [1.807, 2.05) is 36.4 Å². The average Bonchev–Trinajstić information content (AvgIpc) is 2.69. The molecule has 0 radical (unpaired) electrons. The van der Waals surface area contributed by atoms with Crippen LogP contribution in [0.2, 0.25) is 0 Å². The summed E-state index contributed by atoms with van der Waals surface area (Å²) in [4.78, 5) is 0. The highest BCUT2D eigenvalue weighted by atomic mass is 79.9. The van der Waals surface area contributed by atoms with Gasteiger partial charge in [0.2, 0.25) is 5.75 Å². The molecule has 0 saturated heterocycles. The first-order chi connectivity index (χ1) is 13.0. The molecule has 3 aromatic rings. The Morgan fingerprint density at radius 3 is 1.93 bits per heavy atom. The van der Waals surface area contributed by atoms with E-state index in [0.29, 0.717) is 23.7 Å². The van der Waals surface area contributed by atoms with Crippen molar-refractivity contribution in [3.63, 3.8) is 0 Å². The van der Waals surface area contributed by atoms with Gasteiger partial charge >= 0.3 is 0 Å². The Balaban J connectivity index is 2.06. The van der Waals surface area contributed by atoms with Crippen molar-refractivity contribution >= 4 is 26.7 Å². The second-order valence-corrected chi connectivity index (χ2v) is 6.75. The van der Waals surface area contributed by atoms with Crippen molar-refractivity contribution < 1.29 is 24.1 Å². The molecule has 6 heteroatoms. The predicted molar refractivity (Wildman–Crippen MR) is 109 cm³/mol. The van der Waals surface area contributed by atoms with Gasteiger partial charge in [0.1, 0.15) is 11.5 Å². The number of rotatable bonds is 6. The molecule has 3 rings (SSSR count). The molecule has 0 bridgehead atoms. The van der Waals surface area contributed by atoms with Gasteiger partial charge in [-0.25, -0.2) is 0 Å². The summed E-state index contributed by atoms with van der Waals surface area (Å²) in [7, 11) is 6.35. The number of halogens is 1. The number of benzene rings is 3. The van der Waals surface area contributed by atoms with Gasteiger partial charge < -0.3 is 24.1 Å². The molecular weight excluding hydrogens is 412 g/mol. The molecule has 142 valence electrons. The summed E-state index contributed by atoms with van der Waals surface area (Å²) < 4.78 is 22.3. The van der Waals surface area contributed by atoms with Gasteiger partial charge in [0.25, 0.3) is 0 Å². The zero-order valence-electron chi connectivity index (χ0n) is 15.6. The number of fused-ring (bicyclic) bond motifs is 1. The summed E-state index contributed by atoms with van der Waals surface area (Å²) in [6, 6.07) is 11.3. The maximum atomic E-state index is 10.8. The molecule has 0 unspecified atom stereocenters. The molecule has 0 heterocycles. The van der Waals surface area contributed by atoms with Crippen LogP contribution in [0.3, 0.4) is 0 Å². The van der Waals surface area contributed by atoms with Crippen molar-refractivity contribution in [3.8, 4) is 28.7 Å². The highest BCUT2D eigenvalue weighted by molar-refractivity contribution is 9.10. The fourth-order valence-corrected chi connectivity index (χ4v) is 3.78. The van der Waals surface area contributed by atoms with Gasteiger partial charge in [-0.3, -0.25) is 0 Å². The molecule has 0 spiro atoms. The van der Waals surface area contributed by atoms with Crippen LogP contribution in [0.1, 0.15) is 11.1 Å². The van der Waals surface area contributed by atoms with Crippen LogP contribution in [0, 0.1) is 0 Å². The third kappa shape index (κ3) is 3.49. The predicted octanol–water partition coefficient (Wildman–Crippen LogP) is 4.93. The van der Waals surface area contributed by atoms with Crippen LogP contribution >= 0.6 is 15.9 Å². The van der Waals surface area contributed by atoms with Crippen LogP contribution in [0.4, 0.5) is 0 Å². The molecule has 0 aliphatic carbocycles. The summed E-state index contributed by atoms with van der Waals surface area (Å²) in [6.45, 7) is 0. The topological polar surface area (TPSA) is 57.2 Å². The number of methoxy groups -OCH3 is 4. The van der Waals surface area contributed by atoms with Crippen LogP contribution in [-0.2, 0) is 6.42 Å². The SMILES string of the molecule is COc1cc(Cc2ccc3c(Br)c(OC)ccc3c2O)cc(OC)c1OC. The van der Waals surface area contributed by atoms with E-state index in [0.717, 1.165) is 32.1 Å². The molecule has 0 amide bonds. The van der Waals surface area contributed by atoms with Crippen molar-refractivity contribution in [3.05, 3.63) is 52.0 Å². The molecule has 0 saturated carbocycles. The van der Waals surface area contributed by atoms with Crippen LogP contribution < -0.4 is 18.9 Å². The van der Waals surface area contributed by atoms with Crippen molar-refractivity contribution in [1.82, 2.24) is 0 Å². The Morgan fingerprint density at radius 1 is 0.778 bits per heavy atom. The zero-order chi connectivity index (χ0) is 19.6. The Morgan fingerprint density at radius 2 is 1.37 bits per heavy atom. The van der Waals surface area contributed by atoms with Gasteiger partial charge in [-0.15, -0.1) is 0 Å². The molecule has 0 aliphatic heterocycles. The first-order valence-electron chi connectivity index (χ1n) is 8.30. The summed E-state index contributed by atoms with van der Waals surface area (Å²) in [5, 5.41) is 12.5. The van der Waals surface area contributed by atoms with Gasteiger partial charge in [-0.05, 0) is 51.3 Å². The molecule has 3 aromatic carbocycles. The van der Waals surface area contributed by atoms with Crippen molar-refractivity contribution in [2.24, 2.45) is 0 Å². The lowest BCUT2D eigenvalue weighted by Crippen LogP contribution is -1.98. The Bertz CT molecular complexity index is 959. The lowest BCUT2D eigenvalue weighted by atomic mass is 9.99. The second kappa shape index (κ2) is 7.96. The van der Waals surface area contributed by atoms with Gasteiger partial charge in [-0.2, -0.15) is 0 Å². The molecular formula is C21H21BrO5. The highest BCUT2D eigenvalue weighted by Crippen LogP contribution is 2.41. The largest absolute Gasteiger partial charge is 0.507 e. The first-order valence-corrected chi connectivity index (χ1v) is 9.09. The quantitative estimate of drug-likeness (QED) is 0.597. The standard InChI is InChI=1S/C21H21BrO5/c1-24-16-8-7-15-14(19(16)22)6-5-13(20(15)23)9-12-10-17(25-2)21(27-4)18(11-12)26-3/h5-8,10-11,23H,9H2,1-4H3. The minimum atomic E-state index is 0.240. The van der Waals surface area contributed by atoms with E-state index in [1.165, 1.54) is 0 Å². The summed E-state index contributed by atoms with van der Waals surface area (Å²) in [6.07, 6.45) is 0.516. The van der Waals surface area contributed by atoms with Crippen molar-refractivity contribution in [2.75, 3.05) is 28.4 Å². The van der Waals surface area contributed by atoms with E-state index in [2.05, 4.69) is 15.9 Å². The number of phenols is 1. The van der Waals surface area contributed by atoms with E-state index in [1.54, 1.807) is 28.4 Å². The highest BCUT2D eigenvalue weighted by Gasteiger charge is 2.16. The third-order valence-electron chi connectivity index (χ3n) is 4.49. The molecule has 0 aromatic heterocycles. The molecule has 27 heavy (non-hydrogen) atoms. The minimum absolute atomic E-state index is 0.240. The summed E-state index contributed by atoms with van der Waals surface area (Å²) in [5.74, 6) is 2.67. The Labute approximate surface area is 166 Å². The molecule has 0 aliphatic rings. The van der Waals surface area contributed by atoms with E-state index >= 15 is 0 Å². The maximum absolute atomic E-state index is 10.8. The van der Waals surface area contributed by atoms with Crippen LogP contribution in [0.5, 0.6) is 28.7 Å². The first kappa shape index (κ1) is 19.2. The maximum Gasteiger partial charge on any atom is 0.203 e. The average molecular weight is 433 g/mol. The fraction of sp³-hybridized carbons (Fsp3) is 0.238. The smallest absolute Gasteiger partial charge is 0.203 e. The van der Waals surface area contributed by atoms with Gasteiger partial charge in [-0.1, -0.05) is 12.1 Å². The number of aromatic hydroxyl groups is 1. The van der Waals surface area contributed by atoms with E-state index in [4.69, 9.17) is 18.9 Å². The number of hydrogen-bond acceptors (Lipinski definition) is 5. The lowest BCUT2D eigenvalue weighted by Gasteiger charge is -2.15. The van der Waals surface area contributed by atoms with Gasteiger partial charge in [0.15, 0.2) is 11.5 Å². The Kier molecular flexibility index (Phi) is 5.65. The summed E-state index contributed by atoms with van der Waals surface area (Å²) in [5.41, 5.74) is 1.74. The normalized spacial score (nSPS) is 10.7. The van der Waals surface area contributed by atoms with Crippen molar-refractivity contribution in [1.29, 1.82) is 0 Å². The third-order valence-corrected chi connectivity index (χ3v) is 5.31. The second-order valence-electron chi connectivity index (χ2n) is 5.96. The van der Waals surface area contributed by atoms with E-state index < -0.39 is 0 Å². The van der Waals surface area contributed by atoms with E-state index in [-0.39, 0.29) is 5.75 Å². The summed E-state index contributed by atoms with van der Waals surface area (Å²) >= 11 is 3.54. The number of hydrogen-bond donors (Lipinski definition) is 1. The van der Waals surface area contributed by atoms with Gasteiger partial charge in [0, 0.05) is 17.2 Å². The fourth-order valence-electron chi connectivity index (χ4n) is 3.14. The van der Waals surface area contributed by atoms with Crippen molar-refractivity contribution in [2.45, 2.75) is 6.42 Å². The number of ether oxygens (including phenoxy) is 4. The van der Waals surface area contributed by atoms with E-state index in [9.17, 15) is 5.11 Å². The molecule has 0 fully saturated rings. The lowest BCUT2D eigenvalue weighted by molar-refractivity contribution is 0.324. The minimum Gasteiger partial charge on any atom is -0.507 e. The van der Waals surface area contributed by atoms with Gasteiger partial charge in [0.05, 0.1) is 32.9 Å². The Hall–Kier alpha value is -2.60. The molecule has 0 atom stereocenters. The van der Waals surface area contributed by atoms with Crippen LogP contribution in [0.15, 0.2) is 40.9 Å². The monoisotopic (exact) mass is 432 g/mol. The van der Waals surface area contributed by atoms with Crippen LogP contribution in [-0.4, -0.2) is 33.5 Å². The number of phenolic OH excluding ortho intramolecular Hbond substituents is 1. The zero-order valence-corrected chi connectivity index (χ0v) is 17.2. The molecule has 1 N–H and O–H groups in total.